The lowest BCUT2D eigenvalue weighted by molar-refractivity contribution is 0.201. The van der Waals surface area contributed by atoms with Crippen molar-refractivity contribution in [1.29, 1.82) is 0 Å². The molecule has 2 N–H and O–H groups in total. The summed E-state index contributed by atoms with van der Waals surface area (Å²) in [6.07, 6.45) is 5.02. The maximum absolute atomic E-state index is 5.97. The van der Waals surface area contributed by atoms with E-state index in [1.807, 2.05) is 0 Å². The van der Waals surface area contributed by atoms with Gasteiger partial charge in [-0.25, -0.2) is 0 Å². The number of benzene rings is 1. The minimum atomic E-state index is 0.498. The first-order chi connectivity index (χ1) is 9.79. The number of hydrogen-bond acceptors (Lipinski definition) is 3. The standard InChI is InChI=1S/C17H29N3/c1-19(13-14-20-11-5-6-12-20)17(15-18)10-9-16-7-3-2-4-8-16/h2-4,7-8,17H,5-6,9-15,18H2,1H3. The molecule has 1 saturated heterocycles. The van der Waals surface area contributed by atoms with Gasteiger partial charge in [-0.15, -0.1) is 0 Å². The SMILES string of the molecule is CN(CCN1CCCC1)C(CN)CCc1ccccc1. The minimum absolute atomic E-state index is 0.498. The molecular weight excluding hydrogens is 246 g/mol. The summed E-state index contributed by atoms with van der Waals surface area (Å²) in [6.45, 7) is 5.65. The summed E-state index contributed by atoms with van der Waals surface area (Å²) in [5.41, 5.74) is 7.38. The predicted octanol–water partition coefficient (Wildman–Crippen LogP) is 1.97. The van der Waals surface area contributed by atoms with Crippen LogP contribution in [0.25, 0.3) is 0 Å². The molecule has 1 aliphatic rings. The molecule has 1 aromatic carbocycles. The molecular formula is C17H29N3. The first-order valence-electron chi connectivity index (χ1n) is 7.96. The van der Waals surface area contributed by atoms with Crippen LogP contribution in [0.15, 0.2) is 30.3 Å². The van der Waals surface area contributed by atoms with Gasteiger partial charge in [0.1, 0.15) is 0 Å². The second kappa shape index (κ2) is 8.40. The Labute approximate surface area is 123 Å². The van der Waals surface area contributed by atoms with Crippen LogP contribution < -0.4 is 5.73 Å². The molecule has 1 unspecified atom stereocenters. The Morgan fingerprint density at radius 3 is 2.55 bits per heavy atom. The lowest BCUT2D eigenvalue weighted by Crippen LogP contribution is -2.42. The van der Waals surface area contributed by atoms with Gasteiger partial charge in [-0.3, -0.25) is 0 Å². The molecule has 1 fully saturated rings. The van der Waals surface area contributed by atoms with Gasteiger partial charge in [-0.05, 0) is 51.4 Å². The fraction of sp³-hybridized carbons (Fsp3) is 0.647. The molecule has 0 spiro atoms. The average Bonchev–Trinajstić information content (AvgIpc) is 3.00. The van der Waals surface area contributed by atoms with Crippen LogP contribution in [0, 0.1) is 0 Å². The van der Waals surface area contributed by atoms with Gasteiger partial charge in [0.15, 0.2) is 0 Å². The quantitative estimate of drug-likeness (QED) is 0.787. The molecule has 0 bridgehead atoms. The molecule has 0 radical (unpaired) electrons. The Balaban J connectivity index is 1.72. The molecule has 3 heteroatoms. The molecule has 1 aromatic rings. The van der Waals surface area contributed by atoms with Crippen molar-refractivity contribution in [2.45, 2.75) is 31.7 Å². The molecule has 112 valence electrons. The van der Waals surface area contributed by atoms with E-state index in [0.717, 1.165) is 25.9 Å². The van der Waals surface area contributed by atoms with Crippen molar-refractivity contribution in [2.24, 2.45) is 5.73 Å². The summed E-state index contributed by atoms with van der Waals surface area (Å²) in [4.78, 5) is 5.02. The van der Waals surface area contributed by atoms with E-state index >= 15 is 0 Å². The van der Waals surface area contributed by atoms with Crippen LogP contribution in [-0.4, -0.2) is 55.6 Å². The van der Waals surface area contributed by atoms with Crippen LogP contribution in [-0.2, 0) is 6.42 Å². The average molecular weight is 275 g/mol. The number of likely N-dealkylation sites (tertiary alicyclic amines) is 1. The smallest absolute Gasteiger partial charge is 0.0219 e. The second-order valence-electron chi connectivity index (χ2n) is 5.94. The molecule has 2 rings (SSSR count). The van der Waals surface area contributed by atoms with Crippen molar-refractivity contribution in [2.75, 3.05) is 39.8 Å². The summed E-state index contributed by atoms with van der Waals surface area (Å²) >= 11 is 0. The summed E-state index contributed by atoms with van der Waals surface area (Å²) < 4.78 is 0. The Kier molecular flexibility index (Phi) is 6.51. The van der Waals surface area contributed by atoms with E-state index in [1.54, 1.807) is 0 Å². The fourth-order valence-corrected chi connectivity index (χ4v) is 2.98. The number of hydrogen-bond donors (Lipinski definition) is 1. The van der Waals surface area contributed by atoms with Crippen LogP contribution in [0.4, 0.5) is 0 Å². The maximum Gasteiger partial charge on any atom is 0.0219 e. The number of nitrogens with zero attached hydrogens (tertiary/aromatic N) is 2. The molecule has 1 heterocycles. The predicted molar refractivity (Wildman–Crippen MR) is 85.9 cm³/mol. The van der Waals surface area contributed by atoms with Crippen LogP contribution in [0.3, 0.4) is 0 Å². The van der Waals surface area contributed by atoms with Crippen molar-refractivity contribution >= 4 is 0 Å². The third-order valence-electron chi connectivity index (χ3n) is 4.47. The number of aryl methyl sites for hydroxylation is 1. The topological polar surface area (TPSA) is 32.5 Å². The molecule has 1 atom stereocenters. The van der Waals surface area contributed by atoms with E-state index in [9.17, 15) is 0 Å². The summed E-state index contributed by atoms with van der Waals surface area (Å²) in [7, 11) is 2.22. The van der Waals surface area contributed by atoms with Gasteiger partial charge in [-0.1, -0.05) is 30.3 Å². The number of nitrogens with two attached hydrogens (primary N) is 1. The second-order valence-corrected chi connectivity index (χ2v) is 5.94. The van der Waals surface area contributed by atoms with E-state index in [-0.39, 0.29) is 0 Å². The van der Waals surface area contributed by atoms with Gasteiger partial charge in [0.05, 0.1) is 0 Å². The fourth-order valence-electron chi connectivity index (χ4n) is 2.98. The van der Waals surface area contributed by atoms with E-state index in [2.05, 4.69) is 47.2 Å². The van der Waals surface area contributed by atoms with Gasteiger partial charge in [0.2, 0.25) is 0 Å². The molecule has 0 aromatic heterocycles. The van der Waals surface area contributed by atoms with Gasteiger partial charge in [0.25, 0.3) is 0 Å². The van der Waals surface area contributed by atoms with Crippen molar-refractivity contribution in [3.63, 3.8) is 0 Å². The van der Waals surface area contributed by atoms with Gasteiger partial charge in [-0.2, -0.15) is 0 Å². The lowest BCUT2D eigenvalue weighted by Gasteiger charge is -2.29. The Morgan fingerprint density at radius 1 is 1.20 bits per heavy atom. The molecule has 20 heavy (non-hydrogen) atoms. The summed E-state index contributed by atoms with van der Waals surface area (Å²) in [6, 6.07) is 11.2. The van der Waals surface area contributed by atoms with Gasteiger partial charge in [0, 0.05) is 25.7 Å². The summed E-state index contributed by atoms with van der Waals surface area (Å²) in [5.74, 6) is 0. The number of likely N-dealkylation sites (N-methyl/N-ethyl adjacent to an activating group) is 1. The zero-order valence-corrected chi connectivity index (χ0v) is 12.8. The highest BCUT2D eigenvalue weighted by Gasteiger charge is 2.16. The molecule has 1 aliphatic heterocycles. The first-order valence-corrected chi connectivity index (χ1v) is 7.96. The summed E-state index contributed by atoms with van der Waals surface area (Å²) in [5, 5.41) is 0. The molecule has 0 aliphatic carbocycles. The number of rotatable bonds is 8. The third kappa shape index (κ3) is 4.89. The Morgan fingerprint density at radius 2 is 1.90 bits per heavy atom. The van der Waals surface area contributed by atoms with Gasteiger partial charge >= 0.3 is 0 Å². The van der Waals surface area contributed by atoms with E-state index in [0.29, 0.717) is 6.04 Å². The normalized spacial score (nSPS) is 17.8. The van der Waals surface area contributed by atoms with E-state index in [1.165, 1.54) is 38.0 Å². The molecule has 3 nitrogen and oxygen atoms in total. The van der Waals surface area contributed by atoms with Crippen LogP contribution in [0.1, 0.15) is 24.8 Å². The Hall–Kier alpha value is -0.900. The van der Waals surface area contributed by atoms with Crippen LogP contribution in [0.2, 0.25) is 0 Å². The lowest BCUT2D eigenvalue weighted by atomic mass is 10.0. The largest absolute Gasteiger partial charge is 0.329 e. The van der Waals surface area contributed by atoms with E-state index < -0.39 is 0 Å². The van der Waals surface area contributed by atoms with Crippen molar-refractivity contribution in [3.05, 3.63) is 35.9 Å². The highest BCUT2D eigenvalue weighted by molar-refractivity contribution is 5.14. The Bertz CT molecular complexity index is 360. The van der Waals surface area contributed by atoms with Crippen molar-refractivity contribution in [1.82, 2.24) is 9.80 Å². The maximum atomic E-state index is 5.97. The van der Waals surface area contributed by atoms with Crippen LogP contribution >= 0.6 is 0 Å². The van der Waals surface area contributed by atoms with E-state index in [4.69, 9.17) is 5.73 Å². The molecule has 0 saturated carbocycles. The minimum Gasteiger partial charge on any atom is -0.329 e. The monoisotopic (exact) mass is 275 g/mol. The molecule has 0 amide bonds. The van der Waals surface area contributed by atoms with Crippen molar-refractivity contribution < 1.29 is 0 Å². The third-order valence-corrected chi connectivity index (χ3v) is 4.47. The zero-order valence-electron chi connectivity index (χ0n) is 12.8. The van der Waals surface area contributed by atoms with Crippen molar-refractivity contribution in [3.8, 4) is 0 Å². The highest BCUT2D eigenvalue weighted by Crippen LogP contribution is 2.10. The zero-order chi connectivity index (χ0) is 14.2. The van der Waals surface area contributed by atoms with Crippen LogP contribution in [0.5, 0.6) is 0 Å². The highest BCUT2D eigenvalue weighted by atomic mass is 15.2. The van der Waals surface area contributed by atoms with Gasteiger partial charge < -0.3 is 15.5 Å². The first kappa shape index (κ1) is 15.5.